The van der Waals surface area contributed by atoms with Gasteiger partial charge < -0.3 is 15.3 Å². The van der Waals surface area contributed by atoms with Crippen LogP contribution in [0.1, 0.15) is 31.4 Å². The molecule has 1 atom stereocenters. The van der Waals surface area contributed by atoms with E-state index in [1.54, 1.807) is 24.8 Å². The largest absolute Gasteiger partial charge is 0.416 e. The quantitative estimate of drug-likeness (QED) is 0.882. The molecule has 1 aliphatic heterocycles. The summed E-state index contributed by atoms with van der Waals surface area (Å²) in [5.74, 6) is 0.104. The average Bonchev–Trinajstić information content (AvgIpc) is 3.01. The Balaban J connectivity index is 2.00. The van der Waals surface area contributed by atoms with Gasteiger partial charge in [0.2, 0.25) is 0 Å². The number of urea groups is 1. The highest BCUT2D eigenvalue weighted by molar-refractivity contribution is 5.74. The first-order chi connectivity index (χ1) is 11.1. The van der Waals surface area contributed by atoms with Crippen molar-refractivity contribution in [1.82, 2.24) is 10.2 Å². The van der Waals surface area contributed by atoms with Gasteiger partial charge in [-0.2, -0.15) is 13.2 Å². The molecule has 0 saturated carbocycles. The zero-order valence-electron chi connectivity index (χ0n) is 13.9. The van der Waals surface area contributed by atoms with Crippen molar-refractivity contribution in [2.75, 3.05) is 26.2 Å². The maximum absolute atomic E-state index is 12.8. The molecular weight excluding hydrogens is 321 g/mol. The van der Waals surface area contributed by atoms with Crippen molar-refractivity contribution in [3.05, 3.63) is 35.4 Å². The van der Waals surface area contributed by atoms with E-state index in [0.717, 1.165) is 18.6 Å². The summed E-state index contributed by atoms with van der Waals surface area (Å²) in [6.45, 7) is 4.97. The number of amides is 2. The Kier molecular flexibility index (Phi) is 5.42. The Bertz CT molecular complexity index is 587. The Morgan fingerprint density at radius 2 is 2.00 bits per heavy atom. The summed E-state index contributed by atoms with van der Waals surface area (Å²) in [5, 5.41) is 11.9. The van der Waals surface area contributed by atoms with Crippen LogP contribution in [0.5, 0.6) is 0 Å². The molecule has 0 aliphatic carbocycles. The Hall–Kier alpha value is -1.76. The molecule has 4 nitrogen and oxygen atoms in total. The molecule has 1 aliphatic rings. The average molecular weight is 344 g/mol. The standard InChI is InChI=1S/C17H23F3N2O2/c1-16(2,13-4-3-5-14(8-13)17(18,19)20)11-21-15(24)22-7-6-12(9-22)10-23/h3-5,8,12,23H,6-7,9-11H2,1-2H3,(H,21,24). The highest BCUT2D eigenvalue weighted by Gasteiger charge is 2.33. The van der Waals surface area contributed by atoms with Gasteiger partial charge in [-0.15, -0.1) is 0 Å². The molecule has 134 valence electrons. The molecule has 7 heteroatoms. The Morgan fingerprint density at radius 1 is 1.33 bits per heavy atom. The third-order valence-corrected chi connectivity index (χ3v) is 4.48. The zero-order valence-corrected chi connectivity index (χ0v) is 13.9. The molecule has 1 aromatic carbocycles. The van der Waals surface area contributed by atoms with E-state index in [1.807, 2.05) is 0 Å². The number of carbonyl (C=O) groups excluding carboxylic acids is 1. The van der Waals surface area contributed by atoms with Crippen LogP contribution in [0.3, 0.4) is 0 Å². The fourth-order valence-corrected chi connectivity index (χ4v) is 2.79. The van der Waals surface area contributed by atoms with Gasteiger partial charge in [-0.25, -0.2) is 4.79 Å². The maximum atomic E-state index is 12.8. The summed E-state index contributed by atoms with van der Waals surface area (Å²) in [5.41, 5.74) is -0.801. The van der Waals surface area contributed by atoms with Crippen molar-refractivity contribution >= 4 is 6.03 Å². The molecule has 1 heterocycles. The molecule has 2 N–H and O–H groups in total. The fraction of sp³-hybridized carbons (Fsp3) is 0.588. The molecule has 24 heavy (non-hydrogen) atoms. The minimum Gasteiger partial charge on any atom is -0.396 e. The number of halogens is 3. The molecule has 2 amide bonds. The predicted molar refractivity (Wildman–Crippen MR) is 84.6 cm³/mol. The second kappa shape index (κ2) is 7.01. The molecule has 0 bridgehead atoms. The van der Waals surface area contributed by atoms with Crippen molar-refractivity contribution < 1.29 is 23.1 Å². The molecule has 1 aromatic rings. The number of carbonyl (C=O) groups is 1. The number of nitrogens with one attached hydrogen (secondary N) is 1. The summed E-state index contributed by atoms with van der Waals surface area (Å²) in [7, 11) is 0. The predicted octanol–water partition coefficient (Wildman–Crippen LogP) is 3.01. The van der Waals surface area contributed by atoms with Crippen LogP contribution in [0.25, 0.3) is 0 Å². The van der Waals surface area contributed by atoms with E-state index in [1.165, 1.54) is 6.07 Å². The van der Waals surface area contributed by atoms with Gasteiger partial charge in [0.25, 0.3) is 0 Å². The lowest BCUT2D eigenvalue weighted by Crippen LogP contribution is -2.44. The van der Waals surface area contributed by atoms with Gasteiger partial charge in [-0.05, 0) is 18.1 Å². The molecule has 0 aromatic heterocycles. The number of hydrogen-bond donors (Lipinski definition) is 2. The lowest BCUT2D eigenvalue weighted by Gasteiger charge is -2.28. The third kappa shape index (κ3) is 4.41. The second-order valence-electron chi connectivity index (χ2n) is 6.90. The summed E-state index contributed by atoms with van der Waals surface area (Å²) >= 11 is 0. The van der Waals surface area contributed by atoms with Crippen LogP contribution >= 0.6 is 0 Å². The highest BCUT2D eigenvalue weighted by atomic mass is 19.4. The van der Waals surface area contributed by atoms with Crippen molar-refractivity contribution in [3.63, 3.8) is 0 Å². The number of likely N-dealkylation sites (tertiary alicyclic amines) is 1. The molecule has 2 rings (SSSR count). The van der Waals surface area contributed by atoms with Gasteiger partial charge in [0.1, 0.15) is 0 Å². The number of aliphatic hydroxyl groups is 1. The number of alkyl halides is 3. The van der Waals surface area contributed by atoms with E-state index < -0.39 is 17.2 Å². The second-order valence-corrected chi connectivity index (χ2v) is 6.90. The van der Waals surface area contributed by atoms with Gasteiger partial charge in [0, 0.05) is 37.6 Å². The van der Waals surface area contributed by atoms with Crippen LogP contribution in [-0.4, -0.2) is 42.3 Å². The number of nitrogens with zero attached hydrogens (tertiary/aromatic N) is 1. The minimum atomic E-state index is -4.38. The number of hydrogen-bond acceptors (Lipinski definition) is 2. The van der Waals surface area contributed by atoms with Crippen molar-refractivity contribution in [2.45, 2.75) is 31.9 Å². The van der Waals surface area contributed by atoms with Crippen molar-refractivity contribution in [2.24, 2.45) is 5.92 Å². The Morgan fingerprint density at radius 3 is 2.58 bits per heavy atom. The fourth-order valence-electron chi connectivity index (χ4n) is 2.79. The molecule has 1 unspecified atom stereocenters. The van der Waals surface area contributed by atoms with E-state index in [-0.39, 0.29) is 25.1 Å². The van der Waals surface area contributed by atoms with Crippen molar-refractivity contribution in [3.8, 4) is 0 Å². The number of aliphatic hydroxyl groups excluding tert-OH is 1. The van der Waals surface area contributed by atoms with Gasteiger partial charge in [0.05, 0.1) is 5.56 Å². The van der Waals surface area contributed by atoms with Crippen LogP contribution in [0, 0.1) is 5.92 Å². The maximum Gasteiger partial charge on any atom is 0.416 e. The van der Waals surface area contributed by atoms with Crippen LogP contribution in [0.4, 0.5) is 18.0 Å². The van der Waals surface area contributed by atoms with E-state index in [4.69, 9.17) is 5.11 Å². The first-order valence-corrected chi connectivity index (χ1v) is 7.95. The van der Waals surface area contributed by atoms with Gasteiger partial charge in [-0.1, -0.05) is 32.0 Å². The lowest BCUT2D eigenvalue weighted by atomic mass is 9.84. The van der Waals surface area contributed by atoms with E-state index in [0.29, 0.717) is 18.7 Å². The lowest BCUT2D eigenvalue weighted by molar-refractivity contribution is -0.137. The van der Waals surface area contributed by atoms with E-state index in [9.17, 15) is 18.0 Å². The third-order valence-electron chi connectivity index (χ3n) is 4.48. The van der Waals surface area contributed by atoms with Crippen LogP contribution in [0.2, 0.25) is 0 Å². The first kappa shape index (κ1) is 18.6. The van der Waals surface area contributed by atoms with Gasteiger partial charge >= 0.3 is 12.2 Å². The smallest absolute Gasteiger partial charge is 0.396 e. The zero-order chi connectivity index (χ0) is 18.0. The van der Waals surface area contributed by atoms with Gasteiger partial charge in [-0.3, -0.25) is 0 Å². The van der Waals surface area contributed by atoms with Crippen LogP contribution < -0.4 is 5.32 Å². The normalized spacial score (nSPS) is 18.8. The summed E-state index contributed by atoms with van der Waals surface area (Å²) in [6.07, 6.45) is -3.62. The van der Waals surface area contributed by atoms with E-state index in [2.05, 4.69) is 5.32 Å². The molecule has 1 saturated heterocycles. The SMILES string of the molecule is CC(C)(CNC(=O)N1CCC(CO)C1)c1cccc(C(F)(F)F)c1. The van der Waals surface area contributed by atoms with Crippen molar-refractivity contribution in [1.29, 1.82) is 0 Å². The highest BCUT2D eigenvalue weighted by Crippen LogP contribution is 2.32. The van der Waals surface area contributed by atoms with Crippen LogP contribution in [0.15, 0.2) is 24.3 Å². The molecular formula is C17H23F3N2O2. The van der Waals surface area contributed by atoms with Crippen LogP contribution in [-0.2, 0) is 11.6 Å². The summed E-state index contributed by atoms with van der Waals surface area (Å²) in [6, 6.07) is 4.94. The number of benzene rings is 1. The monoisotopic (exact) mass is 344 g/mol. The first-order valence-electron chi connectivity index (χ1n) is 7.95. The topological polar surface area (TPSA) is 52.6 Å². The van der Waals surface area contributed by atoms with E-state index >= 15 is 0 Å². The van der Waals surface area contributed by atoms with Gasteiger partial charge in [0.15, 0.2) is 0 Å². The Labute approximate surface area is 139 Å². The molecule has 0 spiro atoms. The number of rotatable bonds is 4. The minimum absolute atomic E-state index is 0.0551. The summed E-state index contributed by atoms with van der Waals surface area (Å²) in [4.78, 5) is 13.8. The molecule has 1 fully saturated rings. The summed E-state index contributed by atoms with van der Waals surface area (Å²) < 4.78 is 38.5. The molecule has 0 radical (unpaired) electrons.